The third kappa shape index (κ3) is 6.20. The van der Waals surface area contributed by atoms with Gasteiger partial charge in [0.15, 0.2) is 0 Å². The van der Waals surface area contributed by atoms with E-state index in [0.29, 0.717) is 31.5 Å². The summed E-state index contributed by atoms with van der Waals surface area (Å²) in [6, 6.07) is 11.3. The van der Waals surface area contributed by atoms with Crippen LogP contribution in [0.3, 0.4) is 0 Å². The Labute approximate surface area is 143 Å². The monoisotopic (exact) mass is 375 g/mol. The molecule has 0 fully saturated rings. The van der Waals surface area contributed by atoms with Crippen LogP contribution >= 0.6 is 15.9 Å². The highest BCUT2D eigenvalue weighted by Crippen LogP contribution is 2.11. The fraction of sp³-hybridized carbons (Fsp3) is 0.235. The van der Waals surface area contributed by atoms with Crippen LogP contribution in [0.4, 0.5) is 0 Å². The van der Waals surface area contributed by atoms with E-state index in [1.54, 1.807) is 18.3 Å². The van der Waals surface area contributed by atoms with E-state index in [0.717, 1.165) is 10.0 Å². The molecule has 0 saturated carbocycles. The normalized spacial score (nSPS) is 10.1. The molecule has 2 N–H and O–H groups in total. The van der Waals surface area contributed by atoms with Gasteiger partial charge in [-0.15, -0.1) is 0 Å². The number of aryl methyl sites for hydroxylation is 1. The first-order valence-corrected chi connectivity index (χ1v) is 8.14. The molecule has 0 unspecified atom stereocenters. The third-order valence-corrected chi connectivity index (χ3v) is 3.74. The van der Waals surface area contributed by atoms with Crippen molar-refractivity contribution in [2.24, 2.45) is 0 Å². The van der Waals surface area contributed by atoms with Crippen LogP contribution in [0, 0.1) is 0 Å². The lowest BCUT2D eigenvalue weighted by Crippen LogP contribution is -2.34. The number of benzene rings is 1. The van der Waals surface area contributed by atoms with Gasteiger partial charge < -0.3 is 10.6 Å². The van der Waals surface area contributed by atoms with Crippen LogP contribution in [0.25, 0.3) is 0 Å². The van der Waals surface area contributed by atoms with E-state index in [2.05, 4.69) is 31.5 Å². The van der Waals surface area contributed by atoms with E-state index in [-0.39, 0.29) is 11.8 Å². The molecular formula is C17H18BrN3O2. The molecule has 0 aliphatic heterocycles. The van der Waals surface area contributed by atoms with Crippen molar-refractivity contribution in [3.8, 4) is 0 Å². The van der Waals surface area contributed by atoms with E-state index in [1.165, 1.54) is 6.20 Å². The Hall–Kier alpha value is -2.21. The topological polar surface area (TPSA) is 71.1 Å². The number of nitrogens with one attached hydrogen (secondary N) is 2. The molecule has 0 saturated heterocycles. The molecule has 0 spiro atoms. The minimum Gasteiger partial charge on any atom is -0.354 e. The Morgan fingerprint density at radius 1 is 1.04 bits per heavy atom. The van der Waals surface area contributed by atoms with Gasteiger partial charge in [-0.3, -0.25) is 14.6 Å². The van der Waals surface area contributed by atoms with Crippen LogP contribution in [0.2, 0.25) is 0 Å². The molecule has 0 atom stereocenters. The molecule has 120 valence electrons. The minimum absolute atomic E-state index is 0.0245. The van der Waals surface area contributed by atoms with Crippen LogP contribution < -0.4 is 10.6 Å². The summed E-state index contributed by atoms with van der Waals surface area (Å²) in [5, 5.41) is 5.53. The molecule has 23 heavy (non-hydrogen) atoms. The standard InChI is InChI=1S/C17H18BrN3O2/c18-15-6-3-13(4-7-15)5-8-16(22)20-10-11-21-17(23)14-2-1-9-19-12-14/h1-4,6-7,9,12H,5,8,10-11H2,(H,20,22)(H,21,23). The first kappa shape index (κ1) is 17.1. The maximum absolute atomic E-state index is 11.8. The van der Waals surface area contributed by atoms with Gasteiger partial charge >= 0.3 is 0 Å². The van der Waals surface area contributed by atoms with E-state index in [9.17, 15) is 9.59 Å². The summed E-state index contributed by atoms with van der Waals surface area (Å²) < 4.78 is 1.02. The molecule has 5 nitrogen and oxygen atoms in total. The number of amides is 2. The van der Waals surface area contributed by atoms with E-state index >= 15 is 0 Å². The number of hydrogen-bond donors (Lipinski definition) is 2. The number of halogens is 1. The second-order valence-corrected chi connectivity index (χ2v) is 5.89. The first-order chi connectivity index (χ1) is 11.1. The number of hydrogen-bond acceptors (Lipinski definition) is 3. The van der Waals surface area contributed by atoms with Gasteiger partial charge in [0.1, 0.15) is 0 Å². The van der Waals surface area contributed by atoms with Crippen molar-refractivity contribution in [1.29, 1.82) is 0 Å². The molecule has 1 aromatic heterocycles. The molecule has 0 aliphatic rings. The van der Waals surface area contributed by atoms with Crippen molar-refractivity contribution in [3.63, 3.8) is 0 Å². The lowest BCUT2D eigenvalue weighted by molar-refractivity contribution is -0.121. The average molecular weight is 376 g/mol. The zero-order valence-electron chi connectivity index (χ0n) is 12.6. The molecule has 2 aromatic rings. The predicted octanol–water partition coefficient (Wildman–Crippen LogP) is 2.32. The van der Waals surface area contributed by atoms with Gasteiger partial charge in [0.25, 0.3) is 5.91 Å². The Bertz CT molecular complexity index is 645. The largest absolute Gasteiger partial charge is 0.354 e. The molecule has 0 bridgehead atoms. The molecule has 0 aliphatic carbocycles. The average Bonchev–Trinajstić information content (AvgIpc) is 2.59. The summed E-state index contributed by atoms with van der Waals surface area (Å²) in [6.07, 6.45) is 4.24. The second kappa shape index (κ2) is 9.05. The van der Waals surface area contributed by atoms with Gasteiger partial charge in [-0.2, -0.15) is 0 Å². The molecule has 1 heterocycles. The number of aromatic nitrogens is 1. The summed E-state index contributed by atoms with van der Waals surface area (Å²) in [6.45, 7) is 0.795. The van der Waals surface area contributed by atoms with E-state index in [1.807, 2.05) is 24.3 Å². The third-order valence-electron chi connectivity index (χ3n) is 3.21. The zero-order valence-corrected chi connectivity index (χ0v) is 14.2. The van der Waals surface area contributed by atoms with Crippen molar-refractivity contribution < 1.29 is 9.59 Å². The van der Waals surface area contributed by atoms with Gasteiger partial charge in [0.05, 0.1) is 5.56 Å². The number of carbonyl (C=O) groups excluding carboxylic acids is 2. The Balaban J connectivity index is 1.61. The molecule has 1 aromatic carbocycles. The smallest absolute Gasteiger partial charge is 0.252 e. The highest BCUT2D eigenvalue weighted by Gasteiger charge is 2.05. The van der Waals surface area contributed by atoms with Crippen molar-refractivity contribution in [2.75, 3.05) is 13.1 Å². The fourth-order valence-corrected chi connectivity index (χ4v) is 2.24. The van der Waals surface area contributed by atoms with Crippen molar-refractivity contribution >= 4 is 27.7 Å². The van der Waals surface area contributed by atoms with Crippen LogP contribution in [0.5, 0.6) is 0 Å². The minimum atomic E-state index is -0.192. The summed E-state index contributed by atoms with van der Waals surface area (Å²) in [5.74, 6) is -0.217. The van der Waals surface area contributed by atoms with Crippen LogP contribution in [-0.4, -0.2) is 29.9 Å². The Kier molecular flexibility index (Phi) is 6.75. The van der Waals surface area contributed by atoms with E-state index < -0.39 is 0 Å². The number of rotatable bonds is 7. The maximum atomic E-state index is 11.8. The quantitative estimate of drug-likeness (QED) is 0.729. The van der Waals surface area contributed by atoms with Gasteiger partial charge in [0, 0.05) is 36.4 Å². The lowest BCUT2D eigenvalue weighted by atomic mass is 10.1. The Morgan fingerprint density at radius 2 is 1.78 bits per heavy atom. The molecule has 2 rings (SSSR count). The first-order valence-electron chi connectivity index (χ1n) is 7.34. The van der Waals surface area contributed by atoms with E-state index in [4.69, 9.17) is 0 Å². The van der Waals surface area contributed by atoms with Gasteiger partial charge in [-0.25, -0.2) is 0 Å². The van der Waals surface area contributed by atoms with Gasteiger partial charge in [-0.05, 0) is 36.2 Å². The number of nitrogens with zero attached hydrogens (tertiary/aromatic N) is 1. The number of pyridine rings is 1. The van der Waals surface area contributed by atoms with Crippen molar-refractivity contribution in [3.05, 3.63) is 64.4 Å². The Morgan fingerprint density at radius 3 is 2.48 bits per heavy atom. The summed E-state index contributed by atoms with van der Waals surface area (Å²) >= 11 is 3.38. The molecular weight excluding hydrogens is 358 g/mol. The maximum Gasteiger partial charge on any atom is 0.252 e. The van der Waals surface area contributed by atoms with Crippen LogP contribution in [-0.2, 0) is 11.2 Å². The highest BCUT2D eigenvalue weighted by atomic mass is 79.9. The van der Waals surface area contributed by atoms with Gasteiger partial charge in [0.2, 0.25) is 5.91 Å². The van der Waals surface area contributed by atoms with Crippen LogP contribution in [0.1, 0.15) is 22.3 Å². The SMILES string of the molecule is O=C(CCc1ccc(Br)cc1)NCCNC(=O)c1cccnc1. The summed E-state index contributed by atoms with van der Waals surface area (Å²) in [7, 11) is 0. The second-order valence-electron chi connectivity index (χ2n) is 4.97. The fourth-order valence-electron chi connectivity index (χ4n) is 1.97. The van der Waals surface area contributed by atoms with Crippen molar-refractivity contribution in [2.45, 2.75) is 12.8 Å². The summed E-state index contributed by atoms with van der Waals surface area (Å²) in [4.78, 5) is 27.4. The molecule has 6 heteroatoms. The summed E-state index contributed by atoms with van der Waals surface area (Å²) in [5.41, 5.74) is 1.63. The van der Waals surface area contributed by atoms with Crippen molar-refractivity contribution in [1.82, 2.24) is 15.6 Å². The predicted molar refractivity (Wildman–Crippen MR) is 92.0 cm³/mol. The van der Waals surface area contributed by atoms with Crippen LogP contribution in [0.15, 0.2) is 53.3 Å². The van der Waals surface area contributed by atoms with Gasteiger partial charge in [-0.1, -0.05) is 28.1 Å². The molecule has 0 radical (unpaired) electrons. The highest BCUT2D eigenvalue weighted by molar-refractivity contribution is 9.10. The lowest BCUT2D eigenvalue weighted by Gasteiger charge is -2.07. The zero-order chi connectivity index (χ0) is 16.5. The number of carbonyl (C=O) groups is 2. The molecule has 2 amide bonds.